The third-order valence-electron chi connectivity index (χ3n) is 3.64. The van der Waals surface area contributed by atoms with Crippen LogP contribution < -0.4 is 10.1 Å². The molecule has 1 aliphatic heterocycles. The lowest BCUT2D eigenvalue weighted by Crippen LogP contribution is -2.39. The van der Waals surface area contributed by atoms with E-state index in [1.807, 2.05) is 7.05 Å². The van der Waals surface area contributed by atoms with Gasteiger partial charge in [-0.25, -0.2) is 8.78 Å². The number of rotatable bonds is 5. The van der Waals surface area contributed by atoms with Gasteiger partial charge in [0.1, 0.15) is 5.75 Å². The molecule has 0 aliphatic carbocycles. The molecule has 1 amide bonds. The van der Waals surface area contributed by atoms with E-state index in [2.05, 4.69) is 5.32 Å². The van der Waals surface area contributed by atoms with Crippen LogP contribution in [0.1, 0.15) is 13.3 Å². The van der Waals surface area contributed by atoms with Gasteiger partial charge in [-0.05, 0) is 45.0 Å². The molecule has 1 aromatic carbocycles. The predicted octanol–water partition coefficient (Wildman–Crippen LogP) is 1.80. The third kappa shape index (κ3) is 3.91. The molecule has 0 spiro atoms. The van der Waals surface area contributed by atoms with Crippen LogP contribution in [0.25, 0.3) is 0 Å². The molecule has 1 saturated heterocycles. The van der Waals surface area contributed by atoms with Gasteiger partial charge in [0.2, 0.25) is 0 Å². The number of amides is 1. The largest absolute Gasteiger partial charge is 0.481 e. The monoisotopic (exact) mass is 298 g/mol. The summed E-state index contributed by atoms with van der Waals surface area (Å²) < 4.78 is 31.4. The van der Waals surface area contributed by atoms with E-state index < -0.39 is 17.7 Å². The molecule has 1 aromatic rings. The van der Waals surface area contributed by atoms with Crippen molar-refractivity contribution in [3.8, 4) is 5.75 Å². The summed E-state index contributed by atoms with van der Waals surface area (Å²) in [6, 6.07) is 3.25. The fourth-order valence-corrected chi connectivity index (χ4v) is 2.55. The maximum Gasteiger partial charge on any atom is 0.263 e. The Morgan fingerprint density at radius 2 is 2.24 bits per heavy atom. The van der Waals surface area contributed by atoms with E-state index in [1.54, 1.807) is 11.8 Å². The van der Waals surface area contributed by atoms with Crippen molar-refractivity contribution in [2.75, 3.05) is 26.7 Å². The first-order valence-electron chi connectivity index (χ1n) is 7.06. The SMILES string of the molecule is CNCC1CCN(C(=O)C(C)Oc2ccc(F)c(F)c2)C1. The quantitative estimate of drug-likeness (QED) is 0.901. The Morgan fingerprint density at radius 3 is 2.90 bits per heavy atom. The zero-order valence-electron chi connectivity index (χ0n) is 12.2. The number of hydrogen-bond acceptors (Lipinski definition) is 3. The van der Waals surface area contributed by atoms with Gasteiger partial charge >= 0.3 is 0 Å². The highest BCUT2D eigenvalue weighted by molar-refractivity contribution is 5.81. The van der Waals surface area contributed by atoms with Crippen molar-refractivity contribution in [1.29, 1.82) is 0 Å². The van der Waals surface area contributed by atoms with Crippen LogP contribution in [-0.2, 0) is 4.79 Å². The Kier molecular flexibility index (Phi) is 5.12. The highest BCUT2D eigenvalue weighted by atomic mass is 19.2. The van der Waals surface area contributed by atoms with Gasteiger partial charge in [0.25, 0.3) is 5.91 Å². The van der Waals surface area contributed by atoms with Gasteiger partial charge in [0.05, 0.1) is 0 Å². The molecule has 2 unspecified atom stereocenters. The van der Waals surface area contributed by atoms with Crippen molar-refractivity contribution in [3.05, 3.63) is 29.8 Å². The first-order valence-corrected chi connectivity index (χ1v) is 7.06. The highest BCUT2D eigenvalue weighted by Crippen LogP contribution is 2.20. The number of carbonyl (C=O) groups is 1. The Labute approximate surface area is 123 Å². The minimum absolute atomic E-state index is 0.127. The summed E-state index contributed by atoms with van der Waals surface area (Å²) in [6.07, 6.45) is 0.244. The molecule has 1 N–H and O–H groups in total. The third-order valence-corrected chi connectivity index (χ3v) is 3.64. The molecule has 2 rings (SSSR count). The first-order chi connectivity index (χ1) is 10.0. The van der Waals surface area contributed by atoms with E-state index in [1.165, 1.54) is 6.07 Å². The summed E-state index contributed by atoms with van der Waals surface area (Å²) in [7, 11) is 1.89. The van der Waals surface area contributed by atoms with Gasteiger partial charge in [0, 0.05) is 19.2 Å². The Hall–Kier alpha value is -1.69. The maximum absolute atomic E-state index is 13.1. The van der Waals surface area contributed by atoms with Crippen LogP contribution in [0.2, 0.25) is 0 Å². The number of likely N-dealkylation sites (tertiary alicyclic amines) is 1. The van der Waals surface area contributed by atoms with Crippen molar-refractivity contribution in [2.45, 2.75) is 19.4 Å². The molecule has 1 fully saturated rings. The van der Waals surface area contributed by atoms with Crippen LogP contribution in [0.5, 0.6) is 5.75 Å². The lowest BCUT2D eigenvalue weighted by Gasteiger charge is -2.22. The number of benzene rings is 1. The average Bonchev–Trinajstić information content (AvgIpc) is 2.91. The lowest BCUT2D eigenvalue weighted by molar-refractivity contribution is -0.137. The summed E-state index contributed by atoms with van der Waals surface area (Å²) in [6.45, 7) is 3.90. The lowest BCUT2D eigenvalue weighted by atomic mass is 10.1. The molecule has 2 atom stereocenters. The average molecular weight is 298 g/mol. The molecule has 21 heavy (non-hydrogen) atoms. The van der Waals surface area contributed by atoms with Crippen LogP contribution >= 0.6 is 0 Å². The van der Waals surface area contributed by atoms with E-state index >= 15 is 0 Å². The molecule has 116 valence electrons. The van der Waals surface area contributed by atoms with E-state index in [4.69, 9.17) is 4.74 Å². The van der Waals surface area contributed by atoms with Gasteiger partial charge in [0.15, 0.2) is 17.7 Å². The van der Waals surface area contributed by atoms with E-state index in [9.17, 15) is 13.6 Å². The number of nitrogens with one attached hydrogen (secondary N) is 1. The fourth-order valence-electron chi connectivity index (χ4n) is 2.55. The molecule has 1 aliphatic rings. The van der Waals surface area contributed by atoms with Gasteiger partial charge in [-0.2, -0.15) is 0 Å². The van der Waals surface area contributed by atoms with E-state index in [0.717, 1.165) is 25.1 Å². The number of halogens is 2. The molecular weight excluding hydrogens is 278 g/mol. The fraction of sp³-hybridized carbons (Fsp3) is 0.533. The first kappa shape index (κ1) is 15.7. The van der Waals surface area contributed by atoms with Gasteiger partial charge in [-0.3, -0.25) is 4.79 Å². The van der Waals surface area contributed by atoms with Crippen molar-refractivity contribution < 1.29 is 18.3 Å². The standard InChI is InChI=1S/C15H20F2N2O2/c1-10(21-12-3-4-13(16)14(17)7-12)15(20)19-6-5-11(9-19)8-18-2/h3-4,7,10-11,18H,5-6,8-9H2,1-2H3. The Balaban J connectivity index is 1.92. The van der Waals surface area contributed by atoms with Crippen molar-refractivity contribution in [2.24, 2.45) is 5.92 Å². The molecule has 0 saturated carbocycles. The molecule has 4 nitrogen and oxygen atoms in total. The van der Waals surface area contributed by atoms with Crippen LogP contribution in [-0.4, -0.2) is 43.6 Å². The van der Waals surface area contributed by atoms with Crippen LogP contribution in [0.3, 0.4) is 0 Å². The zero-order chi connectivity index (χ0) is 15.4. The second-order valence-electron chi connectivity index (χ2n) is 5.33. The number of carbonyl (C=O) groups excluding carboxylic acids is 1. The van der Waals surface area contributed by atoms with E-state index in [0.29, 0.717) is 19.0 Å². The highest BCUT2D eigenvalue weighted by Gasteiger charge is 2.29. The molecular formula is C15H20F2N2O2. The maximum atomic E-state index is 13.1. The molecule has 0 radical (unpaired) electrons. The molecule has 0 aromatic heterocycles. The summed E-state index contributed by atoms with van der Waals surface area (Å²) in [4.78, 5) is 14.0. The van der Waals surface area contributed by atoms with Gasteiger partial charge < -0.3 is 15.0 Å². The number of ether oxygens (including phenoxy) is 1. The normalized spacial score (nSPS) is 19.6. The van der Waals surface area contributed by atoms with Crippen molar-refractivity contribution in [3.63, 3.8) is 0 Å². The molecule has 6 heteroatoms. The number of hydrogen-bond donors (Lipinski definition) is 1. The summed E-state index contributed by atoms with van der Waals surface area (Å²) in [5.41, 5.74) is 0. The second-order valence-corrected chi connectivity index (χ2v) is 5.33. The summed E-state index contributed by atoms with van der Waals surface area (Å²) in [5, 5.41) is 3.10. The Bertz CT molecular complexity index is 510. The van der Waals surface area contributed by atoms with Crippen molar-refractivity contribution >= 4 is 5.91 Å². The van der Waals surface area contributed by atoms with Gasteiger partial charge in [-0.15, -0.1) is 0 Å². The molecule has 1 heterocycles. The van der Waals surface area contributed by atoms with Crippen LogP contribution in [0, 0.1) is 17.6 Å². The topological polar surface area (TPSA) is 41.6 Å². The van der Waals surface area contributed by atoms with Crippen LogP contribution in [0.15, 0.2) is 18.2 Å². The summed E-state index contributed by atoms with van der Waals surface area (Å²) >= 11 is 0. The second kappa shape index (κ2) is 6.85. The minimum atomic E-state index is -0.984. The Morgan fingerprint density at radius 1 is 1.48 bits per heavy atom. The predicted molar refractivity (Wildman–Crippen MR) is 75.1 cm³/mol. The number of nitrogens with zero attached hydrogens (tertiary/aromatic N) is 1. The minimum Gasteiger partial charge on any atom is -0.481 e. The smallest absolute Gasteiger partial charge is 0.263 e. The summed E-state index contributed by atoms with van der Waals surface area (Å²) in [5.74, 6) is -1.44. The van der Waals surface area contributed by atoms with Gasteiger partial charge in [-0.1, -0.05) is 0 Å². The van der Waals surface area contributed by atoms with Crippen LogP contribution in [0.4, 0.5) is 8.78 Å². The zero-order valence-corrected chi connectivity index (χ0v) is 12.2. The van der Waals surface area contributed by atoms with Crippen molar-refractivity contribution in [1.82, 2.24) is 10.2 Å². The van der Waals surface area contributed by atoms with E-state index in [-0.39, 0.29) is 11.7 Å². The molecule has 0 bridgehead atoms.